The molecule has 208 valence electrons. The average Bonchev–Trinajstić information content (AvgIpc) is 3.44. The fraction of sp³-hybridized carbons (Fsp3) is 0.292. The Balaban J connectivity index is 0.000000320. The van der Waals surface area contributed by atoms with Crippen molar-refractivity contribution in [3.8, 4) is 0 Å². The number of anilines is 3. The molecular formula is C24H24ClF4N7O3. The third-order valence-electron chi connectivity index (χ3n) is 5.37. The molecule has 1 atom stereocenters. The van der Waals surface area contributed by atoms with Crippen molar-refractivity contribution in [2.75, 3.05) is 30.9 Å². The summed E-state index contributed by atoms with van der Waals surface area (Å²) in [7, 11) is 1.69. The van der Waals surface area contributed by atoms with Gasteiger partial charge in [0.25, 0.3) is 5.91 Å². The highest BCUT2D eigenvalue weighted by Gasteiger charge is 2.34. The van der Waals surface area contributed by atoms with Crippen LogP contribution in [0.3, 0.4) is 0 Å². The van der Waals surface area contributed by atoms with E-state index in [0.717, 1.165) is 18.2 Å². The van der Waals surface area contributed by atoms with Gasteiger partial charge >= 0.3 is 6.18 Å². The minimum absolute atomic E-state index is 0.0232. The molecule has 0 saturated carbocycles. The molecule has 2 aromatic heterocycles. The lowest BCUT2D eigenvalue weighted by Crippen LogP contribution is -2.31. The molecule has 1 aliphatic rings. The summed E-state index contributed by atoms with van der Waals surface area (Å²) in [6, 6.07) is 4.24. The number of amides is 2. The van der Waals surface area contributed by atoms with Crippen molar-refractivity contribution in [3.63, 3.8) is 0 Å². The number of carbonyl (C=O) groups is 2. The van der Waals surface area contributed by atoms with Crippen molar-refractivity contribution in [3.05, 3.63) is 70.5 Å². The summed E-state index contributed by atoms with van der Waals surface area (Å²) in [6.07, 6.45) is -0.0824. The van der Waals surface area contributed by atoms with Crippen LogP contribution in [-0.4, -0.2) is 47.0 Å². The number of hydrogen-bond acceptors (Lipinski definition) is 8. The SMILES string of the molecule is CNc1ncc(C(N)=O)cn1.O=C(NCc1ncc(Nc2ccc(Cl)cc2C(F)(F)F)cc1F)C1CCOC1. The Morgan fingerprint density at radius 2 is 1.87 bits per heavy atom. The van der Waals surface area contributed by atoms with Gasteiger partial charge in [0.15, 0.2) is 0 Å². The van der Waals surface area contributed by atoms with Gasteiger partial charge in [-0.25, -0.2) is 14.4 Å². The zero-order valence-corrected chi connectivity index (χ0v) is 21.2. The first-order valence-corrected chi connectivity index (χ1v) is 11.8. The fourth-order valence-corrected chi connectivity index (χ4v) is 3.49. The van der Waals surface area contributed by atoms with E-state index in [4.69, 9.17) is 22.1 Å². The van der Waals surface area contributed by atoms with Gasteiger partial charge in [0.2, 0.25) is 11.9 Å². The topological polar surface area (TPSA) is 144 Å². The van der Waals surface area contributed by atoms with Crippen molar-refractivity contribution in [2.24, 2.45) is 11.7 Å². The van der Waals surface area contributed by atoms with Crippen LogP contribution in [-0.2, 0) is 22.3 Å². The summed E-state index contributed by atoms with van der Waals surface area (Å²) >= 11 is 5.64. The number of carbonyl (C=O) groups excluding carboxylic acids is 2. The third kappa shape index (κ3) is 8.48. The normalized spacial score (nSPS) is 14.7. The van der Waals surface area contributed by atoms with E-state index in [1.165, 1.54) is 24.7 Å². The van der Waals surface area contributed by atoms with Crippen molar-refractivity contribution < 1.29 is 31.9 Å². The molecule has 5 N–H and O–H groups in total. The first-order valence-electron chi connectivity index (χ1n) is 11.4. The van der Waals surface area contributed by atoms with E-state index < -0.39 is 23.5 Å². The van der Waals surface area contributed by atoms with Gasteiger partial charge in [-0.3, -0.25) is 14.6 Å². The Hall–Kier alpha value is -4.04. The molecule has 1 aromatic carbocycles. The van der Waals surface area contributed by atoms with Crippen LogP contribution in [0.25, 0.3) is 0 Å². The van der Waals surface area contributed by atoms with Crippen molar-refractivity contribution in [1.29, 1.82) is 0 Å². The highest BCUT2D eigenvalue weighted by atomic mass is 35.5. The largest absolute Gasteiger partial charge is 0.418 e. The number of primary amides is 1. The number of ether oxygens (including phenoxy) is 1. The maximum Gasteiger partial charge on any atom is 0.418 e. The zero-order chi connectivity index (χ0) is 28.6. The first kappa shape index (κ1) is 29.5. The lowest BCUT2D eigenvalue weighted by Gasteiger charge is -2.15. The van der Waals surface area contributed by atoms with Crippen LogP contribution in [0.15, 0.2) is 42.9 Å². The molecule has 0 spiro atoms. The van der Waals surface area contributed by atoms with Gasteiger partial charge in [-0.2, -0.15) is 13.2 Å². The highest BCUT2D eigenvalue weighted by molar-refractivity contribution is 6.30. The predicted octanol–water partition coefficient (Wildman–Crippen LogP) is 3.91. The monoisotopic (exact) mass is 569 g/mol. The van der Waals surface area contributed by atoms with Crippen LogP contribution >= 0.6 is 11.6 Å². The quantitative estimate of drug-likeness (QED) is 0.314. The molecular weight excluding hydrogens is 546 g/mol. The molecule has 39 heavy (non-hydrogen) atoms. The second-order valence-electron chi connectivity index (χ2n) is 8.15. The van der Waals surface area contributed by atoms with E-state index in [1.54, 1.807) is 7.05 Å². The number of halogens is 5. The Bertz CT molecular complexity index is 1300. The third-order valence-corrected chi connectivity index (χ3v) is 5.61. The first-order chi connectivity index (χ1) is 18.5. The van der Waals surface area contributed by atoms with Crippen LogP contribution < -0.4 is 21.7 Å². The number of aromatic nitrogens is 3. The maximum absolute atomic E-state index is 14.3. The van der Waals surface area contributed by atoms with E-state index in [2.05, 4.69) is 30.9 Å². The Morgan fingerprint density at radius 1 is 1.15 bits per heavy atom. The van der Waals surface area contributed by atoms with Crippen molar-refractivity contribution >= 4 is 40.7 Å². The van der Waals surface area contributed by atoms with E-state index >= 15 is 0 Å². The van der Waals surface area contributed by atoms with Crippen LogP contribution in [0, 0.1) is 11.7 Å². The standard InChI is InChI=1S/C18H16ClF4N3O2.C6H8N4O/c19-11-1-2-15(13(5-11)18(21,22)23)26-12-6-14(20)16(24-7-12)8-25-17(27)10-3-4-28-9-10;1-8-6-9-2-4(3-10-6)5(7)11/h1-2,5-7,10,26H,3-4,8-9H2,(H,25,27);2-3H,1H3,(H2,7,11)(H,8,9,10). The summed E-state index contributed by atoms with van der Waals surface area (Å²) in [5, 5.41) is 7.73. The summed E-state index contributed by atoms with van der Waals surface area (Å²) in [4.78, 5) is 33.9. The van der Waals surface area contributed by atoms with Gasteiger partial charge in [-0.1, -0.05) is 11.6 Å². The number of nitrogens with zero attached hydrogens (tertiary/aromatic N) is 3. The molecule has 3 heterocycles. The highest BCUT2D eigenvalue weighted by Crippen LogP contribution is 2.37. The average molecular weight is 570 g/mol. The molecule has 4 rings (SSSR count). The summed E-state index contributed by atoms with van der Waals surface area (Å²) < 4.78 is 58.8. The van der Waals surface area contributed by atoms with Gasteiger partial charge in [0.05, 0.1) is 53.5 Å². The molecule has 2 amide bonds. The molecule has 10 nitrogen and oxygen atoms in total. The number of hydrogen-bond donors (Lipinski definition) is 4. The van der Waals surface area contributed by atoms with E-state index in [-0.39, 0.29) is 40.5 Å². The summed E-state index contributed by atoms with van der Waals surface area (Å²) in [5.41, 5.74) is 4.03. The van der Waals surface area contributed by atoms with Gasteiger partial charge in [-0.15, -0.1) is 0 Å². The molecule has 0 radical (unpaired) electrons. The number of nitrogens with two attached hydrogens (primary N) is 1. The minimum atomic E-state index is -4.63. The minimum Gasteiger partial charge on any atom is -0.381 e. The van der Waals surface area contributed by atoms with E-state index in [1.807, 2.05) is 0 Å². The predicted molar refractivity (Wildman–Crippen MR) is 135 cm³/mol. The number of pyridine rings is 1. The lowest BCUT2D eigenvalue weighted by atomic mass is 10.1. The number of rotatable bonds is 7. The molecule has 1 aliphatic heterocycles. The number of nitrogens with one attached hydrogen (secondary N) is 3. The molecule has 15 heteroatoms. The van der Waals surface area contributed by atoms with Crippen LogP contribution in [0.2, 0.25) is 5.02 Å². The molecule has 1 saturated heterocycles. The summed E-state index contributed by atoms with van der Waals surface area (Å²) in [5.74, 6) is -1.33. The second-order valence-corrected chi connectivity index (χ2v) is 8.59. The molecule has 1 unspecified atom stereocenters. The van der Waals surface area contributed by atoms with Gasteiger partial charge in [0, 0.05) is 37.1 Å². The summed E-state index contributed by atoms with van der Waals surface area (Å²) in [6.45, 7) is 0.707. The Labute approximate surface area is 225 Å². The van der Waals surface area contributed by atoms with E-state index in [0.29, 0.717) is 31.1 Å². The van der Waals surface area contributed by atoms with Crippen LogP contribution in [0.4, 0.5) is 34.9 Å². The maximum atomic E-state index is 14.3. The zero-order valence-electron chi connectivity index (χ0n) is 20.5. The molecule has 0 bridgehead atoms. The Kier molecular flexibility index (Phi) is 9.95. The van der Waals surface area contributed by atoms with Crippen molar-refractivity contribution in [1.82, 2.24) is 20.3 Å². The molecule has 1 fully saturated rings. The van der Waals surface area contributed by atoms with Gasteiger partial charge in [-0.05, 0) is 24.6 Å². The molecule has 0 aliphatic carbocycles. The fourth-order valence-electron chi connectivity index (χ4n) is 3.32. The molecule has 3 aromatic rings. The number of alkyl halides is 3. The Morgan fingerprint density at radius 3 is 2.44 bits per heavy atom. The van der Waals surface area contributed by atoms with Crippen LogP contribution in [0.1, 0.15) is 28.0 Å². The smallest absolute Gasteiger partial charge is 0.381 e. The van der Waals surface area contributed by atoms with Gasteiger partial charge < -0.3 is 26.4 Å². The second kappa shape index (κ2) is 13.2. The lowest BCUT2D eigenvalue weighted by molar-refractivity contribution is -0.137. The number of benzene rings is 1. The van der Waals surface area contributed by atoms with Crippen LogP contribution in [0.5, 0.6) is 0 Å². The van der Waals surface area contributed by atoms with Gasteiger partial charge in [0.1, 0.15) is 5.82 Å². The van der Waals surface area contributed by atoms with E-state index in [9.17, 15) is 27.2 Å². The van der Waals surface area contributed by atoms with Crippen molar-refractivity contribution in [2.45, 2.75) is 19.1 Å².